The molecular formula is C26H24N2O2. The maximum Gasteiger partial charge on any atom is 0.227 e. The van der Waals surface area contributed by atoms with Gasteiger partial charge >= 0.3 is 0 Å². The van der Waals surface area contributed by atoms with Gasteiger partial charge < -0.3 is 8.83 Å². The molecule has 5 rings (SSSR count). The highest BCUT2D eigenvalue weighted by Crippen LogP contribution is 2.32. The Balaban J connectivity index is 1.52. The first-order valence-corrected chi connectivity index (χ1v) is 10.2. The van der Waals surface area contributed by atoms with E-state index in [4.69, 9.17) is 8.83 Å². The maximum absolute atomic E-state index is 6.06. The fraction of sp³-hybridized carbons (Fsp3) is 0.231. The van der Waals surface area contributed by atoms with Gasteiger partial charge in [0, 0.05) is 34.1 Å². The second-order valence-electron chi connectivity index (χ2n) is 9.10. The van der Waals surface area contributed by atoms with Crippen LogP contribution in [-0.4, -0.2) is 9.97 Å². The monoisotopic (exact) mass is 396 g/mol. The van der Waals surface area contributed by atoms with E-state index in [1.165, 1.54) is 0 Å². The Morgan fingerprint density at radius 1 is 0.633 bits per heavy atom. The normalized spacial score (nSPS) is 19.7. The van der Waals surface area contributed by atoms with Gasteiger partial charge in [0.2, 0.25) is 11.8 Å². The zero-order valence-corrected chi connectivity index (χ0v) is 17.6. The lowest BCUT2D eigenvalue weighted by Crippen LogP contribution is -2.00. The number of oxazole rings is 2. The number of hydrogen-bond donors (Lipinski definition) is 0. The Bertz CT molecular complexity index is 1180. The molecule has 0 radical (unpaired) electrons. The van der Waals surface area contributed by atoms with Crippen LogP contribution in [0, 0.1) is 10.8 Å². The van der Waals surface area contributed by atoms with Crippen LogP contribution in [0.1, 0.15) is 39.5 Å². The Hall–Kier alpha value is -3.40. The Morgan fingerprint density at radius 3 is 1.50 bits per heavy atom. The molecule has 4 heteroatoms. The van der Waals surface area contributed by atoms with E-state index in [9.17, 15) is 0 Å². The molecule has 150 valence electrons. The summed E-state index contributed by atoms with van der Waals surface area (Å²) in [7, 11) is 0. The van der Waals surface area contributed by atoms with E-state index in [1.807, 2.05) is 36.4 Å². The molecule has 1 aromatic carbocycles. The fourth-order valence-corrected chi connectivity index (χ4v) is 3.51. The third-order valence-electron chi connectivity index (χ3n) is 5.38. The van der Waals surface area contributed by atoms with Crippen molar-refractivity contribution in [1.29, 1.82) is 0 Å². The summed E-state index contributed by atoms with van der Waals surface area (Å²) in [6.45, 7) is 8.65. The van der Waals surface area contributed by atoms with Crippen molar-refractivity contribution in [3.8, 4) is 0 Å². The molecule has 0 atom stereocenters. The quantitative estimate of drug-likeness (QED) is 0.466. The smallest absolute Gasteiger partial charge is 0.227 e. The van der Waals surface area contributed by atoms with Gasteiger partial charge in [-0.1, -0.05) is 76.3 Å². The van der Waals surface area contributed by atoms with E-state index < -0.39 is 0 Å². The van der Waals surface area contributed by atoms with Crippen molar-refractivity contribution in [2.24, 2.45) is 10.8 Å². The molecule has 0 saturated carbocycles. The van der Waals surface area contributed by atoms with Gasteiger partial charge in [-0.05, 0) is 12.2 Å². The Labute approximate surface area is 175 Å². The van der Waals surface area contributed by atoms with Crippen LogP contribution in [0.2, 0.25) is 0 Å². The van der Waals surface area contributed by atoms with Crippen molar-refractivity contribution in [3.05, 3.63) is 84.7 Å². The average molecular weight is 396 g/mol. The molecule has 0 fully saturated rings. The van der Waals surface area contributed by atoms with Gasteiger partial charge in [0.1, 0.15) is 11.0 Å². The minimum atomic E-state index is 0.00985. The predicted octanol–water partition coefficient (Wildman–Crippen LogP) is 7.04. The minimum Gasteiger partial charge on any atom is -0.436 e. The highest BCUT2D eigenvalue weighted by molar-refractivity contribution is 5.91. The number of aromatic nitrogens is 2. The van der Waals surface area contributed by atoms with E-state index in [-0.39, 0.29) is 10.8 Å². The summed E-state index contributed by atoms with van der Waals surface area (Å²) >= 11 is 0. The largest absolute Gasteiger partial charge is 0.436 e. The van der Waals surface area contributed by atoms with Crippen LogP contribution in [0.5, 0.6) is 0 Å². The second-order valence-corrected chi connectivity index (χ2v) is 9.10. The molecule has 0 N–H and O–H groups in total. The van der Waals surface area contributed by atoms with Crippen molar-refractivity contribution >= 4 is 33.3 Å². The summed E-state index contributed by atoms with van der Waals surface area (Å²) < 4.78 is 12.1. The molecule has 2 aliphatic carbocycles. The van der Waals surface area contributed by atoms with Gasteiger partial charge in [0.15, 0.2) is 11.2 Å². The van der Waals surface area contributed by atoms with Crippen LogP contribution in [-0.2, 0) is 0 Å². The van der Waals surface area contributed by atoms with Crippen LogP contribution in [0.3, 0.4) is 0 Å². The number of rotatable bonds is 2. The molecule has 2 heterocycles. The fourth-order valence-electron chi connectivity index (χ4n) is 3.51. The van der Waals surface area contributed by atoms with Crippen LogP contribution in [0.15, 0.2) is 81.7 Å². The summed E-state index contributed by atoms with van der Waals surface area (Å²) in [6.07, 6.45) is 20.9. The van der Waals surface area contributed by atoms with Crippen molar-refractivity contribution < 1.29 is 8.83 Å². The van der Waals surface area contributed by atoms with Crippen LogP contribution in [0.4, 0.5) is 0 Å². The Kier molecular flexibility index (Phi) is 4.07. The first-order valence-electron chi connectivity index (χ1n) is 10.2. The second kappa shape index (κ2) is 6.56. The molecular weight excluding hydrogens is 372 g/mol. The van der Waals surface area contributed by atoms with Crippen molar-refractivity contribution in [2.45, 2.75) is 27.7 Å². The van der Waals surface area contributed by atoms with E-state index in [2.05, 4.69) is 74.1 Å². The van der Waals surface area contributed by atoms with Gasteiger partial charge in [-0.2, -0.15) is 0 Å². The number of hydrogen-bond acceptors (Lipinski definition) is 4. The molecule has 0 amide bonds. The molecule has 30 heavy (non-hydrogen) atoms. The van der Waals surface area contributed by atoms with Gasteiger partial charge in [-0.3, -0.25) is 0 Å². The lowest BCUT2D eigenvalue weighted by Gasteiger charge is -2.12. The summed E-state index contributed by atoms with van der Waals surface area (Å²) in [5, 5.41) is 0. The molecule has 3 aromatic rings. The Morgan fingerprint density at radius 2 is 1.07 bits per heavy atom. The first-order chi connectivity index (χ1) is 14.3. The molecule has 4 nitrogen and oxygen atoms in total. The number of nitrogens with zero attached hydrogens (tertiary/aromatic N) is 2. The zero-order valence-electron chi connectivity index (χ0n) is 17.6. The van der Waals surface area contributed by atoms with Crippen molar-refractivity contribution in [1.82, 2.24) is 9.97 Å². The molecule has 2 aliphatic rings. The predicted molar refractivity (Wildman–Crippen MR) is 122 cm³/mol. The van der Waals surface area contributed by atoms with Crippen LogP contribution < -0.4 is 0 Å². The van der Waals surface area contributed by atoms with Crippen LogP contribution in [0.25, 0.3) is 33.3 Å². The summed E-state index contributed by atoms with van der Waals surface area (Å²) in [6, 6.07) is 3.80. The first kappa shape index (κ1) is 18.6. The van der Waals surface area contributed by atoms with E-state index in [1.54, 1.807) is 0 Å². The lowest BCUT2D eigenvalue weighted by atomic mass is 9.93. The number of allylic oxidation sites excluding steroid dienone is 12. The van der Waals surface area contributed by atoms with Gasteiger partial charge in [0.25, 0.3) is 0 Å². The van der Waals surface area contributed by atoms with E-state index >= 15 is 0 Å². The zero-order chi connectivity index (χ0) is 20.9. The number of fused-ring (bicyclic) bond motifs is 2. The highest BCUT2D eigenvalue weighted by Gasteiger charge is 2.18. The highest BCUT2D eigenvalue weighted by atomic mass is 16.4. The van der Waals surface area contributed by atoms with Crippen molar-refractivity contribution in [2.75, 3.05) is 0 Å². The SMILES string of the molecule is CC1(C)C=CC=C(c2nc3cc4oc(C5=CC=CC(C)(C)C=C5)nc4cc3o2)C=C1. The molecule has 0 spiro atoms. The van der Waals surface area contributed by atoms with Crippen molar-refractivity contribution in [3.63, 3.8) is 0 Å². The van der Waals surface area contributed by atoms with Gasteiger partial charge in [-0.15, -0.1) is 0 Å². The van der Waals surface area contributed by atoms with Gasteiger partial charge in [0.05, 0.1) is 0 Å². The van der Waals surface area contributed by atoms with Gasteiger partial charge in [-0.25, -0.2) is 9.97 Å². The third kappa shape index (κ3) is 3.50. The third-order valence-corrected chi connectivity index (χ3v) is 5.38. The topological polar surface area (TPSA) is 52.1 Å². The molecule has 0 bridgehead atoms. The average Bonchev–Trinajstić information content (AvgIpc) is 3.16. The number of benzene rings is 1. The van der Waals surface area contributed by atoms with Crippen LogP contribution >= 0.6 is 0 Å². The maximum atomic E-state index is 6.06. The standard InChI is InChI=1S/C26H24N2O2/c1-25(2)11-5-7-17(9-13-25)23-27-19-15-22-20(16-21(19)29-23)28-24(30-22)18-8-6-12-26(3,4)14-10-18/h5-16H,1-4H3. The molecule has 0 unspecified atom stereocenters. The molecule has 0 aliphatic heterocycles. The summed E-state index contributed by atoms with van der Waals surface area (Å²) in [5.74, 6) is 1.19. The summed E-state index contributed by atoms with van der Waals surface area (Å²) in [4.78, 5) is 9.37. The van der Waals surface area contributed by atoms with E-state index in [0.29, 0.717) is 22.9 Å². The minimum absolute atomic E-state index is 0.00985. The molecule has 0 saturated heterocycles. The molecule has 2 aromatic heterocycles. The van der Waals surface area contributed by atoms with E-state index in [0.717, 1.165) is 22.2 Å². The lowest BCUT2D eigenvalue weighted by molar-refractivity contribution is 0.584. The summed E-state index contributed by atoms with van der Waals surface area (Å²) in [5.41, 5.74) is 4.83.